The van der Waals surface area contributed by atoms with Gasteiger partial charge in [-0.1, -0.05) is 31.4 Å². The van der Waals surface area contributed by atoms with Crippen LogP contribution in [0.2, 0.25) is 0 Å². The van der Waals surface area contributed by atoms with Crippen LogP contribution in [0.25, 0.3) is 0 Å². The highest BCUT2D eigenvalue weighted by Crippen LogP contribution is 2.37. The van der Waals surface area contributed by atoms with Crippen LogP contribution in [-0.4, -0.2) is 12.6 Å². The number of halogens is 1. The molecule has 1 N–H and O–H groups in total. The van der Waals surface area contributed by atoms with Gasteiger partial charge in [0.15, 0.2) is 0 Å². The Kier molecular flexibility index (Phi) is 4.40. The molecule has 2 atom stereocenters. The van der Waals surface area contributed by atoms with Crippen LogP contribution in [0.1, 0.15) is 62.0 Å². The van der Waals surface area contributed by atoms with Crippen molar-refractivity contribution < 1.29 is 4.39 Å². The lowest BCUT2D eigenvalue weighted by Gasteiger charge is -2.26. The molecule has 2 unspecified atom stereocenters. The minimum absolute atomic E-state index is 0.0740. The SMILES string of the molecule is Cc1cc(C2CCCCCC2CNC2CC2)ccc1F. The van der Waals surface area contributed by atoms with Gasteiger partial charge in [-0.15, -0.1) is 0 Å². The van der Waals surface area contributed by atoms with Crippen molar-refractivity contribution in [3.05, 3.63) is 35.1 Å². The van der Waals surface area contributed by atoms with Gasteiger partial charge in [-0.05, 0) is 68.2 Å². The molecule has 0 amide bonds. The molecule has 0 spiro atoms. The van der Waals surface area contributed by atoms with Crippen LogP contribution < -0.4 is 5.32 Å². The van der Waals surface area contributed by atoms with Crippen molar-refractivity contribution in [2.24, 2.45) is 5.92 Å². The number of nitrogens with one attached hydrogen (secondary N) is 1. The maximum Gasteiger partial charge on any atom is 0.126 e. The van der Waals surface area contributed by atoms with Crippen LogP contribution in [0, 0.1) is 18.7 Å². The third-order valence-corrected chi connectivity index (χ3v) is 5.02. The summed E-state index contributed by atoms with van der Waals surface area (Å²) in [6, 6.07) is 6.53. The Labute approximate surface area is 122 Å². The molecule has 110 valence electrons. The zero-order valence-corrected chi connectivity index (χ0v) is 12.5. The molecule has 1 nitrogen and oxygen atoms in total. The Morgan fingerprint density at radius 2 is 1.90 bits per heavy atom. The zero-order chi connectivity index (χ0) is 13.9. The molecule has 2 saturated carbocycles. The average Bonchev–Trinajstić information content (AvgIpc) is 3.25. The summed E-state index contributed by atoms with van der Waals surface area (Å²) in [5.41, 5.74) is 2.15. The second-order valence-corrected chi connectivity index (χ2v) is 6.70. The topological polar surface area (TPSA) is 12.0 Å². The highest BCUT2D eigenvalue weighted by molar-refractivity contribution is 5.27. The minimum Gasteiger partial charge on any atom is -0.314 e. The van der Waals surface area contributed by atoms with Crippen LogP contribution in [0.5, 0.6) is 0 Å². The predicted molar refractivity (Wildman–Crippen MR) is 81.5 cm³/mol. The first kappa shape index (κ1) is 14.1. The number of benzene rings is 1. The molecule has 0 saturated heterocycles. The molecular weight excluding hydrogens is 249 g/mol. The third kappa shape index (κ3) is 3.41. The van der Waals surface area contributed by atoms with Crippen LogP contribution >= 0.6 is 0 Å². The van der Waals surface area contributed by atoms with Gasteiger partial charge in [0.05, 0.1) is 0 Å². The smallest absolute Gasteiger partial charge is 0.126 e. The van der Waals surface area contributed by atoms with Crippen LogP contribution in [0.15, 0.2) is 18.2 Å². The molecule has 0 aliphatic heterocycles. The van der Waals surface area contributed by atoms with E-state index in [1.807, 2.05) is 13.0 Å². The van der Waals surface area contributed by atoms with Crippen molar-refractivity contribution in [2.45, 2.75) is 63.8 Å². The van der Waals surface area contributed by atoms with E-state index in [2.05, 4.69) is 11.4 Å². The van der Waals surface area contributed by atoms with Gasteiger partial charge in [0.1, 0.15) is 5.82 Å². The van der Waals surface area contributed by atoms with Gasteiger partial charge in [-0.2, -0.15) is 0 Å². The molecule has 2 heteroatoms. The number of hydrogen-bond donors (Lipinski definition) is 1. The first-order chi connectivity index (χ1) is 9.74. The second kappa shape index (κ2) is 6.26. The van der Waals surface area contributed by atoms with Gasteiger partial charge in [0.2, 0.25) is 0 Å². The Balaban J connectivity index is 1.75. The molecule has 1 aromatic rings. The summed E-state index contributed by atoms with van der Waals surface area (Å²) in [6.07, 6.45) is 9.33. The summed E-state index contributed by atoms with van der Waals surface area (Å²) in [7, 11) is 0. The van der Waals surface area contributed by atoms with Crippen molar-refractivity contribution in [1.82, 2.24) is 5.32 Å². The molecule has 3 rings (SSSR count). The van der Waals surface area contributed by atoms with Gasteiger partial charge >= 0.3 is 0 Å². The van der Waals surface area contributed by atoms with Gasteiger partial charge in [-0.3, -0.25) is 0 Å². The Morgan fingerprint density at radius 3 is 2.65 bits per heavy atom. The van der Waals surface area contributed by atoms with E-state index >= 15 is 0 Å². The molecule has 2 aliphatic rings. The maximum absolute atomic E-state index is 13.5. The van der Waals surface area contributed by atoms with Crippen molar-refractivity contribution in [3.8, 4) is 0 Å². The highest BCUT2D eigenvalue weighted by Gasteiger charge is 2.28. The number of hydrogen-bond acceptors (Lipinski definition) is 1. The number of rotatable bonds is 4. The molecule has 0 radical (unpaired) electrons. The Morgan fingerprint density at radius 1 is 1.10 bits per heavy atom. The van der Waals surface area contributed by atoms with E-state index in [1.54, 1.807) is 6.07 Å². The molecule has 0 heterocycles. The second-order valence-electron chi connectivity index (χ2n) is 6.70. The fourth-order valence-corrected chi connectivity index (χ4v) is 3.57. The van der Waals surface area contributed by atoms with Crippen LogP contribution in [-0.2, 0) is 0 Å². The molecular formula is C18H26FN. The Hall–Kier alpha value is -0.890. The van der Waals surface area contributed by atoms with Crippen molar-refractivity contribution >= 4 is 0 Å². The van der Waals surface area contributed by atoms with E-state index in [-0.39, 0.29) is 5.82 Å². The summed E-state index contributed by atoms with van der Waals surface area (Å²) < 4.78 is 13.5. The normalized spacial score (nSPS) is 27.3. The highest BCUT2D eigenvalue weighted by atomic mass is 19.1. The minimum atomic E-state index is -0.0740. The zero-order valence-electron chi connectivity index (χ0n) is 12.5. The molecule has 0 bridgehead atoms. The predicted octanol–water partition coefficient (Wildman–Crippen LogP) is 4.55. The van der Waals surface area contributed by atoms with Crippen LogP contribution in [0.4, 0.5) is 4.39 Å². The van der Waals surface area contributed by atoms with Gasteiger partial charge < -0.3 is 5.32 Å². The van der Waals surface area contributed by atoms with E-state index < -0.39 is 0 Å². The van der Waals surface area contributed by atoms with E-state index in [0.717, 1.165) is 24.1 Å². The first-order valence-electron chi connectivity index (χ1n) is 8.23. The van der Waals surface area contributed by atoms with Crippen molar-refractivity contribution in [2.75, 3.05) is 6.54 Å². The summed E-state index contributed by atoms with van der Waals surface area (Å²) in [6.45, 7) is 3.03. The third-order valence-electron chi connectivity index (χ3n) is 5.02. The van der Waals surface area contributed by atoms with Gasteiger partial charge in [0.25, 0.3) is 0 Å². The standard InChI is InChI=1S/C18H26FN/c1-13-11-14(7-10-18(13)19)17-6-4-2-3-5-15(17)12-20-16-8-9-16/h7,10-11,15-17,20H,2-6,8-9,12H2,1H3. The van der Waals surface area contributed by atoms with E-state index in [0.29, 0.717) is 5.92 Å². The monoisotopic (exact) mass is 275 g/mol. The first-order valence-corrected chi connectivity index (χ1v) is 8.23. The van der Waals surface area contributed by atoms with Crippen LogP contribution in [0.3, 0.4) is 0 Å². The summed E-state index contributed by atoms with van der Waals surface area (Å²) in [5, 5.41) is 3.71. The quantitative estimate of drug-likeness (QED) is 0.795. The van der Waals surface area contributed by atoms with Crippen molar-refractivity contribution in [3.63, 3.8) is 0 Å². The molecule has 2 fully saturated rings. The lowest BCUT2D eigenvalue weighted by atomic mass is 9.82. The van der Waals surface area contributed by atoms with Gasteiger partial charge in [-0.25, -0.2) is 4.39 Å². The van der Waals surface area contributed by atoms with E-state index in [9.17, 15) is 4.39 Å². The molecule has 0 aromatic heterocycles. The van der Waals surface area contributed by atoms with Crippen molar-refractivity contribution in [1.29, 1.82) is 0 Å². The summed E-state index contributed by atoms with van der Waals surface area (Å²) >= 11 is 0. The lowest BCUT2D eigenvalue weighted by Crippen LogP contribution is -2.28. The van der Waals surface area contributed by atoms with E-state index in [1.165, 1.54) is 50.5 Å². The fraction of sp³-hybridized carbons (Fsp3) is 0.667. The largest absolute Gasteiger partial charge is 0.314 e. The van der Waals surface area contributed by atoms with E-state index in [4.69, 9.17) is 0 Å². The maximum atomic E-state index is 13.5. The summed E-state index contributed by atoms with van der Waals surface area (Å²) in [4.78, 5) is 0. The number of aryl methyl sites for hydroxylation is 1. The molecule has 2 aliphatic carbocycles. The molecule has 20 heavy (non-hydrogen) atoms. The summed E-state index contributed by atoms with van der Waals surface area (Å²) in [5.74, 6) is 1.26. The van der Waals surface area contributed by atoms with Gasteiger partial charge in [0, 0.05) is 6.04 Å². The Bertz CT molecular complexity index is 453. The lowest BCUT2D eigenvalue weighted by molar-refractivity contribution is 0.374. The average molecular weight is 275 g/mol. The fourth-order valence-electron chi connectivity index (χ4n) is 3.57. The molecule has 1 aromatic carbocycles.